The molecule has 0 unspecified atom stereocenters. The number of nitrogens with zero attached hydrogens (tertiary/aromatic N) is 4. The van der Waals surface area contributed by atoms with E-state index in [0.717, 1.165) is 61.2 Å². The Hall–Kier alpha value is -5.14. The molecular formula is C55H56GeIrN4O-2. The molecule has 9 aromatic rings. The number of hydrogen-bond acceptors (Lipinski definition) is 4. The molecule has 0 saturated carbocycles. The van der Waals surface area contributed by atoms with Crippen LogP contribution in [0.5, 0.6) is 0 Å². The largest absolute Gasteiger partial charge is 0 e. The number of pyridine rings is 2. The molecule has 62 heavy (non-hydrogen) atoms. The average Bonchev–Trinajstić information content (AvgIpc) is 3.83. The van der Waals surface area contributed by atoms with Crippen LogP contribution in [0.2, 0.25) is 17.3 Å². The van der Waals surface area contributed by atoms with Gasteiger partial charge >= 0.3 is 131 Å². The van der Waals surface area contributed by atoms with Gasteiger partial charge in [-0.05, 0) is 70.8 Å². The summed E-state index contributed by atoms with van der Waals surface area (Å²) in [7, 11) is 0. The van der Waals surface area contributed by atoms with Crippen molar-refractivity contribution in [3.63, 3.8) is 0 Å². The van der Waals surface area contributed by atoms with Crippen molar-refractivity contribution in [1.82, 2.24) is 19.5 Å². The molecule has 7 heteroatoms. The summed E-state index contributed by atoms with van der Waals surface area (Å²) in [5.74, 6) is 7.53. The molecule has 0 aliphatic rings. The van der Waals surface area contributed by atoms with Gasteiger partial charge in [-0.2, -0.15) is 0 Å². The average molecular weight is 1060 g/mol. The van der Waals surface area contributed by atoms with Crippen molar-refractivity contribution in [2.24, 2.45) is 0 Å². The molecule has 5 nitrogen and oxygen atoms in total. The number of aromatic nitrogens is 4. The Kier molecular flexibility index (Phi) is 11.7. The van der Waals surface area contributed by atoms with Crippen LogP contribution in [-0.2, 0) is 20.1 Å². The van der Waals surface area contributed by atoms with Crippen LogP contribution in [0.25, 0.3) is 72.6 Å². The van der Waals surface area contributed by atoms with Gasteiger partial charge in [0.1, 0.15) is 5.58 Å². The van der Waals surface area contributed by atoms with E-state index >= 15 is 0 Å². The van der Waals surface area contributed by atoms with Crippen molar-refractivity contribution in [1.29, 1.82) is 0 Å². The first-order valence-corrected chi connectivity index (χ1v) is 28.5. The second-order valence-electron chi connectivity index (χ2n) is 17.9. The summed E-state index contributed by atoms with van der Waals surface area (Å²) < 4.78 is 40.8. The minimum Gasteiger partial charge on any atom is 0 e. The van der Waals surface area contributed by atoms with E-state index in [0.29, 0.717) is 5.65 Å². The van der Waals surface area contributed by atoms with Crippen LogP contribution in [0.1, 0.15) is 92.6 Å². The molecule has 0 spiro atoms. The van der Waals surface area contributed by atoms with E-state index in [1.807, 2.05) is 56.6 Å². The van der Waals surface area contributed by atoms with Gasteiger partial charge in [-0.15, -0.1) is 18.2 Å². The van der Waals surface area contributed by atoms with E-state index in [4.69, 9.17) is 19.9 Å². The van der Waals surface area contributed by atoms with Gasteiger partial charge in [0.2, 0.25) is 0 Å². The fourth-order valence-corrected chi connectivity index (χ4v) is 11.4. The SMILES string of the molecule is Cc1cnc2nc(-c3[c-]ccc4c3oc3ccccc34)n(-c3c(C(C)C)cc(-c4ccccc4)cc3C(C)C)c2c1.[2H]C([2H])([2H])c1c[c-]c(-c2cc(C([2H])(C)C)[c]([Ge]([CH3])([CH3])[CH3])cn2)cc1.[Ir]. The molecule has 4 aromatic heterocycles. The van der Waals surface area contributed by atoms with E-state index < -0.39 is 26.0 Å². The summed E-state index contributed by atoms with van der Waals surface area (Å²) >= 11 is -2.14. The Morgan fingerprint density at radius 1 is 0.726 bits per heavy atom. The van der Waals surface area contributed by atoms with Crippen molar-refractivity contribution < 1.29 is 30.0 Å². The van der Waals surface area contributed by atoms with Crippen LogP contribution in [0.4, 0.5) is 0 Å². The standard InChI is InChI=1S/C37H32N3O.C18H24GeN.Ir/c1-22(2)30-19-26(25-12-7-6-8-13-25)20-31(23(3)4)34(30)40-32-18-24(5)21-38-36(32)39-37(40)29-16-11-15-28-27-14-9-10-17-33(27)41-35(28)29;1-13(2)16-11-18(15-9-7-14(3)8-10-15)20-12-17(16)19(4,5)6;/h6-15,17-23H,1-5H3;7-9,11-13H,1-6H3;/q2*-1;/i;3D3,13D;. The van der Waals surface area contributed by atoms with Crippen molar-refractivity contribution in [2.75, 3.05) is 0 Å². The quantitative estimate of drug-likeness (QED) is 0.112. The topological polar surface area (TPSA) is 56.7 Å². The Morgan fingerprint density at radius 3 is 2.08 bits per heavy atom. The number of furan rings is 1. The van der Waals surface area contributed by atoms with E-state index in [9.17, 15) is 0 Å². The molecule has 4 heterocycles. The van der Waals surface area contributed by atoms with Gasteiger partial charge in [-0.3, -0.25) is 4.98 Å². The van der Waals surface area contributed by atoms with Crippen molar-refractivity contribution >= 4 is 50.8 Å². The summed E-state index contributed by atoms with van der Waals surface area (Å²) in [4.78, 5) is 14.5. The van der Waals surface area contributed by atoms with Crippen LogP contribution in [-0.4, -0.2) is 32.8 Å². The number of hydrogen-bond donors (Lipinski definition) is 0. The first-order chi connectivity index (χ1) is 30.7. The van der Waals surface area contributed by atoms with Gasteiger partial charge in [0, 0.05) is 37.4 Å². The van der Waals surface area contributed by atoms with Crippen LogP contribution >= 0.6 is 0 Å². The molecule has 0 bridgehead atoms. The minimum atomic E-state index is -2.14. The molecular weight excluding hydrogens is 997 g/mol. The predicted octanol–water partition coefficient (Wildman–Crippen LogP) is 14.5. The maximum atomic E-state index is 8.49. The molecule has 0 saturated heterocycles. The third-order valence-electron chi connectivity index (χ3n) is 11.3. The number of aryl methyl sites for hydroxylation is 2. The maximum absolute atomic E-state index is 8.49. The summed E-state index contributed by atoms with van der Waals surface area (Å²) in [5.41, 5.74) is 14.2. The number of imidazole rings is 1. The number of benzene rings is 5. The molecule has 0 N–H and O–H groups in total. The van der Waals surface area contributed by atoms with Crippen LogP contribution in [0.3, 0.4) is 0 Å². The van der Waals surface area contributed by atoms with Crippen LogP contribution in [0, 0.1) is 25.9 Å². The minimum absolute atomic E-state index is 0. The zero-order valence-corrected chi connectivity index (χ0v) is 41.7. The molecule has 0 amide bonds. The molecule has 9 rings (SSSR count). The second kappa shape index (κ2) is 18.3. The van der Waals surface area contributed by atoms with E-state index in [1.165, 1.54) is 38.4 Å². The second-order valence-corrected chi connectivity index (χ2v) is 28.4. The zero-order valence-electron chi connectivity index (χ0n) is 41.2. The molecule has 0 atom stereocenters. The van der Waals surface area contributed by atoms with Gasteiger partial charge in [0.25, 0.3) is 0 Å². The van der Waals surface area contributed by atoms with E-state index in [1.54, 1.807) is 12.1 Å². The zero-order chi connectivity index (χ0) is 46.6. The van der Waals surface area contributed by atoms with Gasteiger partial charge in [0.15, 0.2) is 5.65 Å². The molecule has 0 aliphatic carbocycles. The first-order valence-electron chi connectivity index (χ1n) is 23.2. The monoisotopic (exact) mass is 1060 g/mol. The summed E-state index contributed by atoms with van der Waals surface area (Å²) in [6.07, 6.45) is 3.80. The molecule has 317 valence electrons. The molecule has 5 aromatic carbocycles. The summed E-state index contributed by atoms with van der Waals surface area (Å²) in [6.45, 7) is 12.8. The smallest absolute Gasteiger partial charge is 0 e. The maximum Gasteiger partial charge on any atom is 0 e. The Balaban J connectivity index is 0.000000223. The normalized spacial score (nSPS) is 13.1. The van der Waals surface area contributed by atoms with Crippen molar-refractivity contribution in [3.8, 4) is 39.5 Å². The number of rotatable bonds is 8. The van der Waals surface area contributed by atoms with E-state index in [-0.39, 0.29) is 37.5 Å². The fourth-order valence-electron chi connectivity index (χ4n) is 8.13. The molecule has 0 fully saturated rings. The predicted molar refractivity (Wildman–Crippen MR) is 259 cm³/mol. The third-order valence-corrected chi connectivity index (χ3v) is 15.5. The van der Waals surface area contributed by atoms with Crippen LogP contribution < -0.4 is 4.40 Å². The Bertz CT molecular complexity index is 3150. The van der Waals surface area contributed by atoms with Crippen molar-refractivity contribution in [3.05, 3.63) is 162 Å². The van der Waals surface area contributed by atoms with Gasteiger partial charge < -0.3 is 8.98 Å². The summed E-state index contributed by atoms with van der Waals surface area (Å²) in [5, 5.41) is 2.15. The van der Waals surface area contributed by atoms with Crippen molar-refractivity contribution in [2.45, 2.75) is 90.3 Å². The van der Waals surface area contributed by atoms with Gasteiger partial charge in [0.05, 0.1) is 16.9 Å². The third kappa shape index (κ3) is 8.88. The van der Waals surface area contributed by atoms with Crippen LogP contribution in [0.15, 0.2) is 126 Å². The Labute approximate surface area is 389 Å². The number of fused-ring (bicyclic) bond motifs is 4. The number of para-hydroxylation sites is 1. The van der Waals surface area contributed by atoms with Gasteiger partial charge in [-0.1, -0.05) is 87.2 Å². The first kappa shape index (κ1) is 39.7. The summed E-state index contributed by atoms with van der Waals surface area (Å²) in [6, 6.07) is 43.1. The molecule has 0 aliphatic heterocycles. The fraction of sp³-hybridized carbons (Fsp3) is 0.255. The Morgan fingerprint density at radius 2 is 1.44 bits per heavy atom. The van der Waals surface area contributed by atoms with E-state index in [2.05, 4.69) is 134 Å². The molecule has 1 radical (unpaired) electrons. The van der Waals surface area contributed by atoms with Gasteiger partial charge in [-0.25, -0.2) is 4.98 Å².